The van der Waals surface area contributed by atoms with Gasteiger partial charge in [0.1, 0.15) is 0 Å². The molecule has 3 rings (SSSR count). The van der Waals surface area contributed by atoms with Gasteiger partial charge in [0.25, 0.3) is 5.91 Å². The molecule has 0 aliphatic carbocycles. The number of carbonyl (C=O) groups is 1. The number of nitrogens with zero attached hydrogens (tertiary/aromatic N) is 5. The van der Waals surface area contributed by atoms with Crippen molar-refractivity contribution >= 4 is 15.9 Å². The van der Waals surface area contributed by atoms with Gasteiger partial charge in [-0.3, -0.25) is 14.4 Å². The third kappa shape index (κ3) is 5.04. The average Bonchev–Trinajstić information content (AvgIpc) is 3.26. The van der Waals surface area contributed by atoms with E-state index in [1.807, 2.05) is 35.7 Å². The molecule has 2 heterocycles. The van der Waals surface area contributed by atoms with Crippen LogP contribution in [-0.2, 0) is 16.6 Å². The fraction of sp³-hybridized carbons (Fsp3) is 0.500. The summed E-state index contributed by atoms with van der Waals surface area (Å²) < 4.78 is 28.5. The van der Waals surface area contributed by atoms with Crippen LogP contribution < -0.4 is 0 Å². The highest BCUT2D eigenvalue weighted by molar-refractivity contribution is 7.89. The molecule has 1 amide bonds. The number of hydrogen-bond donors (Lipinski definition) is 0. The van der Waals surface area contributed by atoms with Crippen LogP contribution in [0.15, 0.2) is 47.6 Å². The lowest BCUT2D eigenvalue weighted by Gasteiger charge is -2.34. The molecule has 29 heavy (non-hydrogen) atoms. The number of hydrogen-bond acceptors (Lipinski definition) is 5. The second-order valence-electron chi connectivity index (χ2n) is 7.02. The van der Waals surface area contributed by atoms with Gasteiger partial charge in [0.05, 0.1) is 11.4 Å². The maximum Gasteiger partial charge on any atom is 0.253 e. The van der Waals surface area contributed by atoms with Crippen molar-refractivity contribution in [1.29, 1.82) is 0 Å². The van der Waals surface area contributed by atoms with E-state index in [9.17, 15) is 13.2 Å². The monoisotopic (exact) mass is 419 g/mol. The van der Waals surface area contributed by atoms with Gasteiger partial charge in [-0.2, -0.15) is 9.40 Å². The van der Waals surface area contributed by atoms with Gasteiger partial charge >= 0.3 is 0 Å². The molecule has 0 saturated carbocycles. The first-order valence-corrected chi connectivity index (χ1v) is 11.5. The standard InChI is InChI=1S/C20H29N5O3S/c1-3-25(4-2)29(27,28)19-8-6-18(7-9-19)20(26)23-15-12-22(13-16-23)14-17-24-11-5-10-21-24/h5-11H,3-4,12-17H2,1-2H3. The first-order valence-electron chi connectivity index (χ1n) is 10.0. The second-order valence-corrected chi connectivity index (χ2v) is 8.95. The van der Waals surface area contributed by atoms with E-state index in [4.69, 9.17) is 0 Å². The van der Waals surface area contributed by atoms with E-state index in [0.29, 0.717) is 31.7 Å². The summed E-state index contributed by atoms with van der Waals surface area (Å²) in [6.45, 7) is 9.18. The third-order valence-electron chi connectivity index (χ3n) is 5.31. The fourth-order valence-corrected chi connectivity index (χ4v) is 4.97. The molecule has 1 aliphatic heterocycles. The molecule has 0 atom stereocenters. The Morgan fingerprint density at radius 3 is 2.24 bits per heavy atom. The maximum atomic E-state index is 12.8. The van der Waals surface area contributed by atoms with Crippen LogP contribution in [0.25, 0.3) is 0 Å². The minimum atomic E-state index is -3.51. The van der Waals surface area contributed by atoms with Crippen molar-refractivity contribution in [1.82, 2.24) is 23.9 Å². The molecule has 1 fully saturated rings. The Kier molecular flexibility index (Phi) is 7.05. The summed E-state index contributed by atoms with van der Waals surface area (Å²) in [5.74, 6) is -0.0523. The van der Waals surface area contributed by atoms with E-state index in [2.05, 4.69) is 10.00 Å². The van der Waals surface area contributed by atoms with Gasteiger partial charge in [-0.1, -0.05) is 13.8 Å². The molecule has 1 aromatic carbocycles. The molecule has 8 nitrogen and oxygen atoms in total. The Labute approximate surface area is 172 Å². The number of sulfonamides is 1. The molecule has 1 aliphatic rings. The largest absolute Gasteiger partial charge is 0.336 e. The van der Waals surface area contributed by atoms with Crippen molar-refractivity contribution in [2.24, 2.45) is 0 Å². The molecular formula is C20H29N5O3S. The quantitative estimate of drug-likeness (QED) is 0.646. The zero-order valence-corrected chi connectivity index (χ0v) is 17.9. The van der Waals surface area contributed by atoms with E-state index in [-0.39, 0.29) is 10.8 Å². The Morgan fingerprint density at radius 2 is 1.69 bits per heavy atom. The van der Waals surface area contributed by atoms with E-state index in [1.165, 1.54) is 16.4 Å². The zero-order valence-electron chi connectivity index (χ0n) is 17.1. The van der Waals surface area contributed by atoms with Gasteiger partial charge in [-0.05, 0) is 30.3 Å². The van der Waals surface area contributed by atoms with Crippen LogP contribution in [0, 0.1) is 0 Å². The van der Waals surface area contributed by atoms with Crippen LogP contribution in [0.4, 0.5) is 0 Å². The van der Waals surface area contributed by atoms with Gasteiger partial charge in [0.2, 0.25) is 10.0 Å². The first-order chi connectivity index (χ1) is 14.0. The second kappa shape index (κ2) is 9.51. The van der Waals surface area contributed by atoms with Crippen LogP contribution >= 0.6 is 0 Å². The predicted molar refractivity (Wildman–Crippen MR) is 111 cm³/mol. The van der Waals surface area contributed by atoms with Crippen molar-refractivity contribution in [2.75, 3.05) is 45.8 Å². The Balaban J connectivity index is 1.56. The van der Waals surface area contributed by atoms with Crippen LogP contribution in [0.3, 0.4) is 0 Å². The molecular weight excluding hydrogens is 390 g/mol. The molecule has 0 unspecified atom stereocenters. The lowest BCUT2D eigenvalue weighted by molar-refractivity contribution is 0.0632. The molecule has 1 saturated heterocycles. The normalized spacial score (nSPS) is 15.8. The summed E-state index contributed by atoms with van der Waals surface area (Å²) >= 11 is 0. The molecule has 0 radical (unpaired) electrons. The van der Waals surface area contributed by atoms with Crippen molar-refractivity contribution in [3.05, 3.63) is 48.3 Å². The predicted octanol–water partition coefficient (Wildman–Crippen LogP) is 1.37. The minimum absolute atomic E-state index is 0.0523. The van der Waals surface area contributed by atoms with Crippen molar-refractivity contribution in [2.45, 2.75) is 25.3 Å². The van der Waals surface area contributed by atoms with E-state index in [0.717, 1.165) is 26.2 Å². The summed E-state index contributed by atoms with van der Waals surface area (Å²) in [5, 5.41) is 4.21. The Bertz CT molecular complexity index is 885. The van der Waals surface area contributed by atoms with Crippen LogP contribution in [0.5, 0.6) is 0 Å². The maximum absolute atomic E-state index is 12.8. The highest BCUT2D eigenvalue weighted by Gasteiger charge is 2.24. The third-order valence-corrected chi connectivity index (χ3v) is 7.37. The Morgan fingerprint density at radius 1 is 1.03 bits per heavy atom. The van der Waals surface area contributed by atoms with Gasteiger partial charge < -0.3 is 4.90 Å². The van der Waals surface area contributed by atoms with Crippen molar-refractivity contribution in [3.8, 4) is 0 Å². The summed E-state index contributed by atoms with van der Waals surface area (Å²) in [7, 11) is -3.51. The van der Waals surface area contributed by atoms with Crippen LogP contribution in [0.1, 0.15) is 24.2 Å². The first kappa shape index (κ1) is 21.5. The van der Waals surface area contributed by atoms with Crippen molar-refractivity contribution < 1.29 is 13.2 Å². The van der Waals surface area contributed by atoms with Crippen molar-refractivity contribution in [3.63, 3.8) is 0 Å². The van der Waals surface area contributed by atoms with E-state index in [1.54, 1.807) is 18.3 Å². The molecule has 158 valence electrons. The summed E-state index contributed by atoms with van der Waals surface area (Å²) in [5.41, 5.74) is 0.522. The molecule has 2 aromatic rings. The molecule has 9 heteroatoms. The number of amides is 1. The SMILES string of the molecule is CCN(CC)S(=O)(=O)c1ccc(C(=O)N2CCN(CCn3cccn3)CC2)cc1. The lowest BCUT2D eigenvalue weighted by atomic mass is 10.2. The zero-order chi connectivity index (χ0) is 20.9. The topological polar surface area (TPSA) is 78.8 Å². The smallest absolute Gasteiger partial charge is 0.253 e. The van der Waals surface area contributed by atoms with Crippen LogP contribution in [0.2, 0.25) is 0 Å². The highest BCUT2D eigenvalue weighted by atomic mass is 32.2. The number of piperazine rings is 1. The summed E-state index contributed by atoms with van der Waals surface area (Å²) in [6.07, 6.45) is 3.72. The lowest BCUT2D eigenvalue weighted by Crippen LogP contribution is -2.49. The van der Waals surface area contributed by atoms with Gasteiger partial charge in [-0.15, -0.1) is 0 Å². The molecule has 0 bridgehead atoms. The van der Waals surface area contributed by atoms with Gasteiger partial charge in [0, 0.05) is 63.8 Å². The Hall–Kier alpha value is -2.23. The molecule has 0 spiro atoms. The molecule has 1 aromatic heterocycles. The average molecular weight is 420 g/mol. The number of rotatable bonds is 8. The number of carbonyl (C=O) groups excluding carboxylic acids is 1. The summed E-state index contributed by atoms with van der Waals surface area (Å²) in [6, 6.07) is 8.20. The molecule has 0 N–H and O–H groups in total. The van der Waals surface area contributed by atoms with Crippen LogP contribution in [-0.4, -0.2) is 84.0 Å². The number of aromatic nitrogens is 2. The highest BCUT2D eigenvalue weighted by Crippen LogP contribution is 2.17. The minimum Gasteiger partial charge on any atom is -0.336 e. The van der Waals surface area contributed by atoms with E-state index >= 15 is 0 Å². The fourth-order valence-electron chi connectivity index (χ4n) is 3.52. The van der Waals surface area contributed by atoms with Gasteiger partial charge in [-0.25, -0.2) is 8.42 Å². The van der Waals surface area contributed by atoms with E-state index < -0.39 is 10.0 Å². The number of benzene rings is 1. The summed E-state index contributed by atoms with van der Waals surface area (Å²) in [4.78, 5) is 17.2. The van der Waals surface area contributed by atoms with Gasteiger partial charge in [0.15, 0.2) is 0 Å².